The Bertz CT molecular complexity index is 235. The quantitative estimate of drug-likeness (QED) is 0.772. The van der Waals surface area contributed by atoms with E-state index in [4.69, 9.17) is 10.5 Å². The Morgan fingerprint density at radius 1 is 1.24 bits per heavy atom. The van der Waals surface area contributed by atoms with Gasteiger partial charge in [0, 0.05) is 38.8 Å². The first-order valence-electron chi connectivity index (χ1n) is 6.95. The van der Waals surface area contributed by atoms with Gasteiger partial charge in [-0.1, -0.05) is 13.8 Å². The SMILES string of the molecule is CC(C)CN1CCOC(CN2CC[C@H](N)C2)C1. The molecule has 2 heterocycles. The monoisotopic (exact) mass is 241 g/mol. The molecule has 2 atom stereocenters. The van der Waals surface area contributed by atoms with Crippen molar-refractivity contribution in [1.29, 1.82) is 0 Å². The fourth-order valence-corrected chi connectivity index (χ4v) is 2.89. The molecule has 0 spiro atoms. The van der Waals surface area contributed by atoms with Crippen molar-refractivity contribution in [2.45, 2.75) is 32.4 Å². The summed E-state index contributed by atoms with van der Waals surface area (Å²) in [6, 6.07) is 0.380. The smallest absolute Gasteiger partial charge is 0.0829 e. The molecule has 0 bridgehead atoms. The Morgan fingerprint density at radius 3 is 2.71 bits per heavy atom. The first-order valence-corrected chi connectivity index (χ1v) is 6.95. The maximum Gasteiger partial charge on any atom is 0.0829 e. The zero-order valence-electron chi connectivity index (χ0n) is 11.3. The highest BCUT2D eigenvalue weighted by atomic mass is 16.5. The molecule has 0 aromatic carbocycles. The van der Waals surface area contributed by atoms with Crippen LogP contribution in [0.2, 0.25) is 0 Å². The lowest BCUT2D eigenvalue weighted by molar-refractivity contribution is -0.0436. The molecule has 0 amide bonds. The molecule has 0 aliphatic carbocycles. The number of hydrogen-bond acceptors (Lipinski definition) is 4. The van der Waals surface area contributed by atoms with E-state index < -0.39 is 0 Å². The summed E-state index contributed by atoms with van der Waals surface area (Å²) in [7, 11) is 0. The molecular formula is C13H27N3O. The number of morpholine rings is 1. The molecule has 17 heavy (non-hydrogen) atoms. The van der Waals surface area contributed by atoms with Crippen molar-refractivity contribution in [3.8, 4) is 0 Å². The van der Waals surface area contributed by atoms with E-state index in [2.05, 4.69) is 23.6 Å². The zero-order chi connectivity index (χ0) is 12.3. The lowest BCUT2D eigenvalue weighted by atomic mass is 10.1. The van der Waals surface area contributed by atoms with Gasteiger partial charge in [0.15, 0.2) is 0 Å². The van der Waals surface area contributed by atoms with Gasteiger partial charge < -0.3 is 10.5 Å². The minimum Gasteiger partial charge on any atom is -0.374 e. The maximum absolute atomic E-state index is 5.93. The number of nitrogens with two attached hydrogens (primary N) is 1. The van der Waals surface area contributed by atoms with E-state index in [0.29, 0.717) is 12.1 Å². The van der Waals surface area contributed by atoms with E-state index >= 15 is 0 Å². The Balaban J connectivity index is 1.73. The number of likely N-dealkylation sites (tertiary alicyclic amines) is 1. The highest BCUT2D eigenvalue weighted by Crippen LogP contribution is 2.13. The molecule has 0 aromatic heterocycles. The minimum atomic E-state index is 0.380. The van der Waals surface area contributed by atoms with Gasteiger partial charge in [-0.25, -0.2) is 0 Å². The van der Waals surface area contributed by atoms with Crippen molar-refractivity contribution in [2.75, 3.05) is 45.9 Å². The van der Waals surface area contributed by atoms with Crippen LogP contribution in [0.25, 0.3) is 0 Å². The predicted molar refractivity (Wildman–Crippen MR) is 70.1 cm³/mol. The topological polar surface area (TPSA) is 41.7 Å². The molecule has 2 rings (SSSR count). The van der Waals surface area contributed by atoms with Crippen molar-refractivity contribution in [1.82, 2.24) is 9.80 Å². The highest BCUT2D eigenvalue weighted by molar-refractivity contribution is 4.82. The molecule has 4 nitrogen and oxygen atoms in total. The van der Waals surface area contributed by atoms with Gasteiger partial charge in [0.1, 0.15) is 0 Å². The van der Waals surface area contributed by atoms with Crippen molar-refractivity contribution in [2.24, 2.45) is 11.7 Å². The Morgan fingerprint density at radius 2 is 2.06 bits per heavy atom. The van der Waals surface area contributed by atoms with E-state index in [0.717, 1.165) is 51.7 Å². The summed E-state index contributed by atoms with van der Waals surface area (Å²) < 4.78 is 5.86. The molecule has 0 saturated carbocycles. The van der Waals surface area contributed by atoms with Crippen molar-refractivity contribution >= 4 is 0 Å². The van der Waals surface area contributed by atoms with E-state index in [1.807, 2.05) is 0 Å². The third kappa shape index (κ3) is 4.21. The Hall–Kier alpha value is -0.160. The fraction of sp³-hybridized carbons (Fsp3) is 1.00. The molecule has 4 heteroatoms. The number of ether oxygens (including phenoxy) is 1. The molecular weight excluding hydrogens is 214 g/mol. The van der Waals surface area contributed by atoms with Crippen LogP contribution in [0.1, 0.15) is 20.3 Å². The minimum absolute atomic E-state index is 0.380. The summed E-state index contributed by atoms with van der Waals surface area (Å²) in [5.74, 6) is 0.744. The van der Waals surface area contributed by atoms with Gasteiger partial charge in [-0.15, -0.1) is 0 Å². The summed E-state index contributed by atoms with van der Waals surface area (Å²) in [5, 5.41) is 0. The third-order valence-corrected chi connectivity index (χ3v) is 3.62. The van der Waals surface area contributed by atoms with Crippen LogP contribution in [-0.2, 0) is 4.74 Å². The van der Waals surface area contributed by atoms with E-state index in [1.54, 1.807) is 0 Å². The van der Waals surface area contributed by atoms with Gasteiger partial charge in [-0.2, -0.15) is 0 Å². The van der Waals surface area contributed by atoms with Gasteiger partial charge in [0.2, 0.25) is 0 Å². The molecule has 2 saturated heterocycles. The number of hydrogen-bond donors (Lipinski definition) is 1. The number of rotatable bonds is 4. The third-order valence-electron chi connectivity index (χ3n) is 3.62. The molecule has 2 aliphatic rings. The van der Waals surface area contributed by atoms with E-state index in [-0.39, 0.29) is 0 Å². The first kappa shape index (κ1) is 13.3. The molecule has 2 aliphatic heterocycles. The molecule has 1 unspecified atom stereocenters. The van der Waals surface area contributed by atoms with Gasteiger partial charge in [-0.05, 0) is 18.9 Å². The van der Waals surface area contributed by atoms with Gasteiger partial charge in [0.05, 0.1) is 12.7 Å². The van der Waals surface area contributed by atoms with E-state index in [1.165, 1.54) is 6.54 Å². The van der Waals surface area contributed by atoms with Crippen molar-refractivity contribution < 1.29 is 4.74 Å². The maximum atomic E-state index is 5.93. The lowest BCUT2D eigenvalue weighted by Gasteiger charge is -2.35. The largest absolute Gasteiger partial charge is 0.374 e. The molecule has 2 fully saturated rings. The van der Waals surface area contributed by atoms with Crippen LogP contribution in [0, 0.1) is 5.92 Å². The summed E-state index contributed by atoms with van der Waals surface area (Å²) in [6.45, 7) is 12.1. The van der Waals surface area contributed by atoms with Crippen molar-refractivity contribution in [3.05, 3.63) is 0 Å². The Labute approximate surface area is 105 Å². The predicted octanol–water partition coefficient (Wildman–Crippen LogP) is 0.376. The van der Waals surface area contributed by atoms with Crippen LogP contribution in [-0.4, -0.2) is 67.8 Å². The first-order chi connectivity index (χ1) is 8.13. The second-order valence-corrected chi connectivity index (χ2v) is 5.95. The summed E-state index contributed by atoms with van der Waals surface area (Å²) >= 11 is 0. The average Bonchev–Trinajstić information content (AvgIpc) is 2.63. The van der Waals surface area contributed by atoms with Crippen LogP contribution in [0.4, 0.5) is 0 Å². The van der Waals surface area contributed by atoms with Crippen LogP contribution in [0.15, 0.2) is 0 Å². The van der Waals surface area contributed by atoms with Gasteiger partial charge in [-0.3, -0.25) is 9.80 Å². The second-order valence-electron chi connectivity index (χ2n) is 5.95. The molecule has 0 aromatic rings. The van der Waals surface area contributed by atoms with Gasteiger partial charge in [0.25, 0.3) is 0 Å². The summed E-state index contributed by atoms with van der Waals surface area (Å²) in [4.78, 5) is 4.99. The van der Waals surface area contributed by atoms with Crippen LogP contribution in [0.5, 0.6) is 0 Å². The average molecular weight is 241 g/mol. The molecule has 0 radical (unpaired) electrons. The fourth-order valence-electron chi connectivity index (χ4n) is 2.89. The Kier molecular flexibility index (Phi) is 4.79. The van der Waals surface area contributed by atoms with Crippen LogP contribution in [0.3, 0.4) is 0 Å². The van der Waals surface area contributed by atoms with Gasteiger partial charge >= 0.3 is 0 Å². The van der Waals surface area contributed by atoms with Crippen LogP contribution < -0.4 is 5.73 Å². The summed E-state index contributed by atoms with van der Waals surface area (Å²) in [5.41, 5.74) is 5.93. The molecule has 100 valence electrons. The zero-order valence-corrected chi connectivity index (χ0v) is 11.3. The molecule has 2 N–H and O–H groups in total. The second kappa shape index (κ2) is 6.14. The summed E-state index contributed by atoms with van der Waals surface area (Å²) in [6.07, 6.45) is 1.52. The lowest BCUT2D eigenvalue weighted by Crippen LogP contribution is -2.48. The number of nitrogens with zero attached hydrogens (tertiary/aromatic N) is 2. The van der Waals surface area contributed by atoms with Crippen molar-refractivity contribution in [3.63, 3.8) is 0 Å². The highest BCUT2D eigenvalue weighted by Gasteiger charge is 2.26. The normalized spacial score (nSPS) is 32.5. The van der Waals surface area contributed by atoms with E-state index in [9.17, 15) is 0 Å². The standard InChI is InChI=1S/C13H27N3O/c1-11(2)7-16-5-6-17-13(10-16)9-15-4-3-12(14)8-15/h11-13H,3-10,14H2,1-2H3/t12-,13?/m0/s1. The van der Waals surface area contributed by atoms with Crippen LogP contribution >= 0.6 is 0 Å².